The minimum Gasteiger partial charge on any atom is -0.379 e. The second kappa shape index (κ2) is 6.21. The molecule has 0 aliphatic carbocycles. The Balaban J connectivity index is 2.55. The molecule has 20 heavy (non-hydrogen) atoms. The van der Waals surface area contributed by atoms with Crippen LogP contribution in [0, 0.1) is 5.92 Å². The van der Waals surface area contributed by atoms with Crippen LogP contribution in [0.15, 0.2) is 60.7 Å². The summed E-state index contributed by atoms with van der Waals surface area (Å²) >= 11 is 0. The van der Waals surface area contributed by atoms with Crippen LogP contribution < -0.4 is 5.73 Å². The summed E-state index contributed by atoms with van der Waals surface area (Å²) in [5.74, 6) is 0.223. The second-order valence-electron chi connectivity index (χ2n) is 5.41. The van der Waals surface area contributed by atoms with Crippen molar-refractivity contribution in [3.63, 3.8) is 0 Å². The van der Waals surface area contributed by atoms with Gasteiger partial charge in [0, 0.05) is 6.04 Å². The Kier molecular flexibility index (Phi) is 4.58. The normalized spacial score (nSPS) is 14.8. The highest BCUT2D eigenvalue weighted by molar-refractivity contribution is 5.38. The standard InChI is InChI=1S/C18H23NO/c1-3-14(2)17(19)18(20,15-10-6-4-7-11-15)16-12-8-5-9-13-16/h4-14,17,20H,3,19H2,1-2H3/t14?,17-/m0/s1. The third kappa shape index (κ3) is 2.62. The lowest BCUT2D eigenvalue weighted by atomic mass is 9.75. The molecule has 1 unspecified atom stereocenters. The van der Waals surface area contributed by atoms with E-state index in [2.05, 4.69) is 13.8 Å². The van der Waals surface area contributed by atoms with E-state index in [-0.39, 0.29) is 12.0 Å². The fourth-order valence-electron chi connectivity index (χ4n) is 2.60. The van der Waals surface area contributed by atoms with Gasteiger partial charge in [-0.15, -0.1) is 0 Å². The topological polar surface area (TPSA) is 46.2 Å². The molecule has 2 heteroatoms. The molecule has 0 fully saturated rings. The van der Waals surface area contributed by atoms with Crippen LogP contribution in [0.1, 0.15) is 31.4 Å². The summed E-state index contributed by atoms with van der Waals surface area (Å²) < 4.78 is 0. The monoisotopic (exact) mass is 269 g/mol. The highest BCUT2D eigenvalue weighted by Crippen LogP contribution is 2.35. The Hall–Kier alpha value is -1.64. The van der Waals surface area contributed by atoms with E-state index in [1.165, 1.54) is 0 Å². The molecule has 106 valence electrons. The van der Waals surface area contributed by atoms with Crippen LogP contribution in [0.25, 0.3) is 0 Å². The summed E-state index contributed by atoms with van der Waals surface area (Å²) in [6.07, 6.45) is 0.934. The van der Waals surface area contributed by atoms with Crippen LogP contribution in [-0.4, -0.2) is 11.1 Å². The lowest BCUT2D eigenvalue weighted by Gasteiger charge is -2.38. The number of hydrogen-bond acceptors (Lipinski definition) is 2. The van der Waals surface area contributed by atoms with Gasteiger partial charge in [0.05, 0.1) is 0 Å². The lowest BCUT2D eigenvalue weighted by molar-refractivity contribution is 0.0317. The van der Waals surface area contributed by atoms with Crippen molar-refractivity contribution in [1.82, 2.24) is 0 Å². The van der Waals surface area contributed by atoms with Crippen molar-refractivity contribution in [3.8, 4) is 0 Å². The maximum absolute atomic E-state index is 11.4. The Bertz CT molecular complexity index is 484. The quantitative estimate of drug-likeness (QED) is 0.875. The van der Waals surface area contributed by atoms with E-state index in [9.17, 15) is 5.11 Å². The first-order chi connectivity index (χ1) is 9.60. The van der Waals surface area contributed by atoms with Crippen molar-refractivity contribution in [2.24, 2.45) is 11.7 Å². The molecule has 0 spiro atoms. The molecule has 2 aromatic rings. The first kappa shape index (κ1) is 14.8. The number of hydrogen-bond donors (Lipinski definition) is 2. The molecule has 0 aromatic heterocycles. The fourth-order valence-corrected chi connectivity index (χ4v) is 2.60. The van der Waals surface area contributed by atoms with Gasteiger partial charge in [-0.3, -0.25) is 0 Å². The molecular formula is C18H23NO. The first-order valence-electron chi connectivity index (χ1n) is 7.19. The Morgan fingerprint density at radius 3 is 1.70 bits per heavy atom. The van der Waals surface area contributed by atoms with Gasteiger partial charge in [-0.25, -0.2) is 0 Å². The third-order valence-electron chi connectivity index (χ3n) is 4.17. The van der Waals surface area contributed by atoms with Crippen molar-refractivity contribution in [2.75, 3.05) is 0 Å². The van der Waals surface area contributed by atoms with Crippen LogP contribution in [0.2, 0.25) is 0 Å². The average molecular weight is 269 g/mol. The first-order valence-corrected chi connectivity index (χ1v) is 7.19. The van der Waals surface area contributed by atoms with Gasteiger partial charge in [-0.1, -0.05) is 80.9 Å². The summed E-state index contributed by atoms with van der Waals surface area (Å²) in [6, 6.07) is 19.1. The molecule has 0 aliphatic heterocycles. The number of rotatable bonds is 5. The predicted molar refractivity (Wildman–Crippen MR) is 83.3 cm³/mol. The predicted octanol–water partition coefficient (Wildman–Crippen LogP) is 3.30. The summed E-state index contributed by atoms with van der Waals surface area (Å²) in [5, 5.41) is 11.4. The van der Waals surface area contributed by atoms with Gasteiger partial charge in [0.2, 0.25) is 0 Å². The highest BCUT2D eigenvalue weighted by Gasteiger charge is 2.40. The molecule has 2 nitrogen and oxygen atoms in total. The summed E-state index contributed by atoms with van der Waals surface area (Å²) in [7, 11) is 0. The van der Waals surface area contributed by atoms with Gasteiger partial charge in [0.15, 0.2) is 0 Å². The van der Waals surface area contributed by atoms with Crippen LogP contribution in [0.3, 0.4) is 0 Å². The van der Waals surface area contributed by atoms with Crippen molar-refractivity contribution in [1.29, 1.82) is 0 Å². The summed E-state index contributed by atoms with van der Waals surface area (Å²) in [4.78, 5) is 0. The Morgan fingerprint density at radius 2 is 1.35 bits per heavy atom. The van der Waals surface area contributed by atoms with E-state index in [4.69, 9.17) is 5.73 Å². The lowest BCUT2D eigenvalue weighted by Crippen LogP contribution is -2.50. The van der Waals surface area contributed by atoms with E-state index in [0.717, 1.165) is 17.5 Å². The number of aliphatic hydroxyl groups is 1. The van der Waals surface area contributed by atoms with E-state index in [1.54, 1.807) is 0 Å². The smallest absolute Gasteiger partial charge is 0.130 e. The zero-order valence-electron chi connectivity index (χ0n) is 12.2. The molecule has 0 bridgehead atoms. The van der Waals surface area contributed by atoms with Crippen molar-refractivity contribution in [3.05, 3.63) is 71.8 Å². The number of benzene rings is 2. The fraction of sp³-hybridized carbons (Fsp3) is 0.333. The van der Waals surface area contributed by atoms with E-state index >= 15 is 0 Å². The Labute approximate surface area is 121 Å². The van der Waals surface area contributed by atoms with Gasteiger partial charge in [-0.05, 0) is 17.0 Å². The van der Waals surface area contributed by atoms with Crippen LogP contribution in [0.5, 0.6) is 0 Å². The number of nitrogens with two attached hydrogens (primary N) is 1. The largest absolute Gasteiger partial charge is 0.379 e. The Morgan fingerprint density at radius 1 is 0.950 bits per heavy atom. The SMILES string of the molecule is CCC(C)[C@H](N)C(O)(c1ccccc1)c1ccccc1. The second-order valence-corrected chi connectivity index (χ2v) is 5.41. The van der Waals surface area contributed by atoms with Crippen molar-refractivity contribution in [2.45, 2.75) is 31.9 Å². The molecular weight excluding hydrogens is 246 g/mol. The molecule has 0 heterocycles. The van der Waals surface area contributed by atoms with Gasteiger partial charge in [0.1, 0.15) is 5.60 Å². The molecule has 3 N–H and O–H groups in total. The zero-order chi connectivity index (χ0) is 14.6. The van der Waals surface area contributed by atoms with Gasteiger partial charge in [0.25, 0.3) is 0 Å². The highest BCUT2D eigenvalue weighted by atomic mass is 16.3. The molecule has 2 aromatic carbocycles. The van der Waals surface area contributed by atoms with Gasteiger partial charge < -0.3 is 10.8 Å². The van der Waals surface area contributed by atoms with Gasteiger partial charge >= 0.3 is 0 Å². The minimum atomic E-state index is -1.15. The summed E-state index contributed by atoms with van der Waals surface area (Å²) in [6.45, 7) is 4.18. The average Bonchev–Trinajstić information content (AvgIpc) is 2.54. The molecule has 0 radical (unpaired) electrons. The van der Waals surface area contributed by atoms with E-state index in [0.29, 0.717) is 0 Å². The summed E-state index contributed by atoms with van der Waals surface area (Å²) in [5.41, 5.74) is 6.96. The third-order valence-corrected chi connectivity index (χ3v) is 4.17. The van der Waals surface area contributed by atoms with Crippen LogP contribution in [-0.2, 0) is 5.60 Å². The van der Waals surface area contributed by atoms with Crippen molar-refractivity contribution < 1.29 is 5.11 Å². The van der Waals surface area contributed by atoms with Crippen LogP contribution >= 0.6 is 0 Å². The maximum Gasteiger partial charge on any atom is 0.130 e. The molecule has 0 amide bonds. The molecule has 0 saturated heterocycles. The van der Waals surface area contributed by atoms with Crippen molar-refractivity contribution >= 4 is 0 Å². The van der Waals surface area contributed by atoms with Gasteiger partial charge in [-0.2, -0.15) is 0 Å². The zero-order valence-corrected chi connectivity index (χ0v) is 12.2. The van der Waals surface area contributed by atoms with Crippen LogP contribution in [0.4, 0.5) is 0 Å². The molecule has 0 aliphatic rings. The maximum atomic E-state index is 11.4. The molecule has 0 saturated carbocycles. The van der Waals surface area contributed by atoms with E-state index in [1.807, 2.05) is 60.7 Å². The molecule has 2 rings (SSSR count). The molecule has 2 atom stereocenters. The minimum absolute atomic E-state index is 0.223. The van der Waals surface area contributed by atoms with E-state index < -0.39 is 5.60 Å².